The molecule has 0 N–H and O–H groups in total. The molecule has 3 aliphatic rings. The molecule has 3 rings (SSSR count). The molecule has 1 amide bonds. The predicted molar refractivity (Wildman–Crippen MR) is 80.3 cm³/mol. The second kappa shape index (κ2) is 4.43. The molecule has 0 unspecified atom stereocenters. The summed E-state index contributed by atoms with van der Waals surface area (Å²) in [5.74, 6) is -0.205. The standard InChI is InChI=1S/C17H23NO4/c1-11-12(19)5-16(6-13(11)20)7-17(8-16)9-18(10-17)14(21)22-15(2,3)4/h1,5-10H2,2-4H3. The number of likely N-dealkylation sites (tertiary alicyclic amines) is 1. The normalized spacial score (nSPS) is 26.0. The van der Waals surface area contributed by atoms with Crippen LogP contribution in [0.1, 0.15) is 46.5 Å². The molecule has 0 atom stereocenters. The van der Waals surface area contributed by atoms with Gasteiger partial charge < -0.3 is 9.64 Å². The van der Waals surface area contributed by atoms with Gasteiger partial charge in [0.15, 0.2) is 11.6 Å². The quantitative estimate of drug-likeness (QED) is 0.509. The summed E-state index contributed by atoms with van der Waals surface area (Å²) in [7, 11) is 0. The third kappa shape index (κ3) is 2.46. The van der Waals surface area contributed by atoms with Crippen LogP contribution < -0.4 is 0 Å². The van der Waals surface area contributed by atoms with E-state index < -0.39 is 5.60 Å². The summed E-state index contributed by atoms with van der Waals surface area (Å²) in [6.07, 6.45) is 2.30. The largest absolute Gasteiger partial charge is 0.444 e. The number of hydrogen-bond acceptors (Lipinski definition) is 4. The van der Waals surface area contributed by atoms with Crippen LogP contribution in [0.5, 0.6) is 0 Å². The smallest absolute Gasteiger partial charge is 0.410 e. The first-order valence-corrected chi connectivity index (χ1v) is 7.77. The molecular weight excluding hydrogens is 282 g/mol. The Kier molecular flexibility index (Phi) is 3.07. The lowest BCUT2D eigenvalue weighted by Gasteiger charge is -2.64. The van der Waals surface area contributed by atoms with Crippen molar-refractivity contribution in [2.24, 2.45) is 10.8 Å². The zero-order chi connectivity index (χ0) is 16.3. The summed E-state index contributed by atoms with van der Waals surface area (Å²) in [5, 5.41) is 0. The number of nitrogens with zero attached hydrogens (tertiary/aromatic N) is 1. The lowest BCUT2D eigenvalue weighted by Crippen LogP contribution is -2.68. The van der Waals surface area contributed by atoms with Gasteiger partial charge in [-0.3, -0.25) is 9.59 Å². The molecule has 1 heterocycles. The van der Waals surface area contributed by atoms with Crippen molar-refractivity contribution in [3.63, 3.8) is 0 Å². The molecule has 22 heavy (non-hydrogen) atoms. The number of carbonyl (C=O) groups excluding carboxylic acids is 3. The molecule has 0 aromatic heterocycles. The topological polar surface area (TPSA) is 63.7 Å². The highest BCUT2D eigenvalue weighted by molar-refractivity contribution is 6.21. The highest BCUT2D eigenvalue weighted by Gasteiger charge is 2.63. The summed E-state index contributed by atoms with van der Waals surface area (Å²) in [6, 6.07) is 0. The second-order valence-electron chi connectivity index (χ2n) is 8.37. The maximum Gasteiger partial charge on any atom is 0.410 e. The van der Waals surface area contributed by atoms with E-state index >= 15 is 0 Å². The van der Waals surface area contributed by atoms with E-state index in [1.807, 2.05) is 20.8 Å². The Morgan fingerprint density at radius 1 is 1.09 bits per heavy atom. The summed E-state index contributed by atoms with van der Waals surface area (Å²) in [6.45, 7) is 10.5. The second-order valence-corrected chi connectivity index (χ2v) is 8.37. The Labute approximate surface area is 130 Å². The van der Waals surface area contributed by atoms with E-state index in [4.69, 9.17) is 4.74 Å². The molecule has 1 saturated heterocycles. The van der Waals surface area contributed by atoms with Gasteiger partial charge in [0.1, 0.15) is 5.60 Å². The molecule has 0 radical (unpaired) electrons. The van der Waals surface area contributed by atoms with Crippen LogP contribution in [0.4, 0.5) is 4.79 Å². The molecule has 2 aliphatic carbocycles. The van der Waals surface area contributed by atoms with Gasteiger partial charge in [0.2, 0.25) is 0 Å². The predicted octanol–water partition coefficient (Wildman–Crippen LogP) is 2.49. The van der Waals surface area contributed by atoms with E-state index in [9.17, 15) is 14.4 Å². The molecule has 2 saturated carbocycles. The van der Waals surface area contributed by atoms with Crippen molar-refractivity contribution in [1.82, 2.24) is 4.90 Å². The van der Waals surface area contributed by atoms with Gasteiger partial charge in [0.05, 0.1) is 5.57 Å². The molecule has 2 spiro atoms. The van der Waals surface area contributed by atoms with E-state index in [1.54, 1.807) is 4.90 Å². The minimum absolute atomic E-state index is 0.0934. The van der Waals surface area contributed by atoms with E-state index in [0.29, 0.717) is 25.9 Å². The highest BCUT2D eigenvalue weighted by atomic mass is 16.6. The molecule has 3 fully saturated rings. The van der Waals surface area contributed by atoms with Crippen LogP contribution in [0.15, 0.2) is 12.2 Å². The number of carbonyl (C=O) groups is 3. The van der Waals surface area contributed by atoms with Gasteiger partial charge in [-0.05, 0) is 39.0 Å². The van der Waals surface area contributed by atoms with E-state index in [1.165, 1.54) is 0 Å². The number of amides is 1. The van der Waals surface area contributed by atoms with Crippen molar-refractivity contribution in [2.75, 3.05) is 13.1 Å². The van der Waals surface area contributed by atoms with E-state index in [0.717, 1.165) is 12.8 Å². The lowest BCUT2D eigenvalue weighted by atomic mass is 9.45. The Balaban J connectivity index is 1.55. The van der Waals surface area contributed by atoms with Crippen molar-refractivity contribution < 1.29 is 19.1 Å². The maximum absolute atomic E-state index is 12.0. The van der Waals surface area contributed by atoms with Crippen molar-refractivity contribution in [2.45, 2.75) is 52.1 Å². The van der Waals surface area contributed by atoms with Crippen molar-refractivity contribution >= 4 is 17.7 Å². The van der Waals surface area contributed by atoms with Crippen LogP contribution in [0.25, 0.3) is 0 Å². The third-order valence-electron chi connectivity index (χ3n) is 4.95. The summed E-state index contributed by atoms with van der Waals surface area (Å²) in [4.78, 5) is 37.4. The monoisotopic (exact) mass is 305 g/mol. The maximum atomic E-state index is 12.0. The summed E-state index contributed by atoms with van der Waals surface area (Å²) in [5.41, 5.74) is -0.398. The number of ether oxygens (including phenoxy) is 1. The van der Waals surface area contributed by atoms with Crippen LogP contribution in [-0.2, 0) is 14.3 Å². The summed E-state index contributed by atoms with van der Waals surface area (Å²) < 4.78 is 5.36. The number of rotatable bonds is 0. The van der Waals surface area contributed by atoms with Gasteiger partial charge in [0, 0.05) is 31.3 Å². The third-order valence-corrected chi connectivity index (χ3v) is 4.95. The Morgan fingerprint density at radius 2 is 1.59 bits per heavy atom. The molecular formula is C17H23NO4. The molecule has 1 aliphatic heterocycles. The van der Waals surface area contributed by atoms with Crippen LogP contribution in [0.2, 0.25) is 0 Å². The first-order chi connectivity index (χ1) is 10.0. The van der Waals surface area contributed by atoms with Gasteiger partial charge in [-0.1, -0.05) is 6.58 Å². The fraction of sp³-hybridized carbons (Fsp3) is 0.706. The number of ketones is 2. The average molecular weight is 305 g/mol. The van der Waals surface area contributed by atoms with Crippen molar-refractivity contribution in [1.29, 1.82) is 0 Å². The van der Waals surface area contributed by atoms with Crippen LogP contribution in [0, 0.1) is 10.8 Å². The number of Topliss-reactive ketones (excluding diaryl/α,β-unsaturated/α-hetero) is 2. The Morgan fingerprint density at radius 3 is 2.05 bits per heavy atom. The Bertz CT molecular complexity index is 548. The van der Waals surface area contributed by atoms with Gasteiger partial charge in [-0.2, -0.15) is 0 Å². The summed E-state index contributed by atoms with van der Waals surface area (Å²) >= 11 is 0. The molecule has 5 nitrogen and oxygen atoms in total. The molecule has 5 heteroatoms. The lowest BCUT2D eigenvalue weighted by molar-refractivity contribution is -0.160. The first-order valence-electron chi connectivity index (χ1n) is 7.77. The van der Waals surface area contributed by atoms with E-state index in [-0.39, 0.29) is 34.1 Å². The van der Waals surface area contributed by atoms with E-state index in [2.05, 4.69) is 6.58 Å². The van der Waals surface area contributed by atoms with Crippen LogP contribution in [-0.4, -0.2) is 41.3 Å². The van der Waals surface area contributed by atoms with Crippen molar-refractivity contribution in [3.8, 4) is 0 Å². The Hall–Kier alpha value is -1.65. The highest BCUT2D eigenvalue weighted by Crippen LogP contribution is 2.63. The molecule has 0 aromatic carbocycles. The van der Waals surface area contributed by atoms with Gasteiger partial charge in [-0.15, -0.1) is 0 Å². The molecule has 0 bridgehead atoms. The molecule has 0 aromatic rings. The molecule has 120 valence electrons. The zero-order valence-corrected chi connectivity index (χ0v) is 13.5. The number of hydrogen-bond donors (Lipinski definition) is 0. The SMILES string of the molecule is C=C1C(=O)CC2(CC1=O)CC1(CN(C(=O)OC(C)(C)C)C1)C2. The minimum Gasteiger partial charge on any atom is -0.444 e. The minimum atomic E-state index is -0.483. The van der Waals surface area contributed by atoms with Crippen molar-refractivity contribution in [3.05, 3.63) is 12.2 Å². The fourth-order valence-corrected chi connectivity index (χ4v) is 4.34. The first kappa shape index (κ1) is 15.3. The fourth-order valence-electron chi connectivity index (χ4n) is 4.34. The average Bonchev–Trinajstić information content (AvgIpc) is 2.26. The van der Waals surface area contributed by atoms with Crippen LogP contribution >= 0.6 is 0 Å². The van der Waals surface area contributed by atoms with Gasteiger partial charge in [-0.25, -0.2) is 4.79 Å². The zero-order valence-electron chi connectivity index (χ0n) is 13.5. The van der Waals surface area contributed by atoms with Gasteiger partial charge >= 0.3 is 6.09 Å². The number of allylic oxidation sites excluding steroid dienone is 1. The van der Waals surface area contributed by atoms with Crippen LogP contribution in [0.3, 0.4) is 0 Å². The van der Waals surface area contributed by atoms with Gasteiger partial charge in [0.25, 0.3) is 0 Å².